The second-order valence-electron chi connectivity index (χ2n) is 6.68. The van der Waals surface area contributed by atoms with Crippen LogP contribution in [0.3, 0.4) is 0 Å². The lowest BCUT2D eigenvalue weighted by Crippen LogP contribution is -2.38. The minimum atomic E-state index is -4.70. The molecule has 0 bridgehead atoms. The number of alkyl halides is 3. The van der Waals surface area contributed by atoms with E-state index >= 15 is 0 Å². The first-order valence-corrected chi connectivity index (χ1v) is 8.99. The van der Waals surface area contributed by atoms with E-state index in [-0.39, 0.29) is 43.9 Å². The van der Waals surface area contributed by atoms with Crippen molar-refractivity contribution in [3.05, 3.63) is 47.2 Å². The Labute approximate surface area is 168 Å². The van der Waals surface area contributed by atoms with Crippen LogP contribution in [0.25, 0.3) is 0 Å². The zero-order valence-electron chi connectivity index (χ0n) is 16.0. The summed E-state index contributed by atoms with van der Waals surface area (Å²) in [7, 11) is 0. The summed E-state index contributed by atoms with van der Waals surface area (Å²) in [5, 5.41) is 0. The highest BCUT2D eigenvalue weighted by molar-refractivity contribution is 5.76. The van der Waals surface area contributed by atoms with Crippen LogP contribution in [0.1, 0.15) is 24.7 Å². The van der Waals surface area contributed by atoms with Gasteiger partial charge in [-0.2, -0.15) is 13.2 Å². The molecule has 1 heterocycles. The number of halogens is 6. The summed E-state index contributed by atoms with van der Waals surface area (Å²) in [5.74, 6) is -5.51. The Hall–Kier alpha value is -2.76. The van der Waals surface area contributed by atoms with Gasteiger partial charge in [0.25, 0.3) is 0 Å². The second-order valence-corrected chi connectivity index (χ2v) is 6.68. The van der Waals surface area contributed by atoms with Gasteiger partial charge in [0.05, 0.1) is 0 Å². The lowest BCUT2D eigenvalue weighted by molar-refractivity contribution is -0.147. The van der Waals surface area contributed by atoms with E-state index in [1.165, 1.54) is 4.90 Å². The molecule has 2 aromatic rings. The van der Waals surface area contributed by atoms with Crippen molar-refractivity contribution < 1.29 is 31.1 Å². The predicted molar refractivity (Wildman–Crippen MR) is 96.5 cm³/mol. The first-order chi connectivity index (χ1) is 13.9. The number of nitrogen functional groups attached to an aromatic ring is 1. The standard InChI is InChI=1S/C18H21F6N5O/c1-2-28(3-4-29-9-15(26)27-17(29)18(22,23)24)16(30)7-11(25)5-10-6-13(20)14(21)8-12(10)19/h6,8-9,11H,2-5,7,25-26H2,1H3. The van der Waals surface area contributed by atoms with Crippen LogP contribution in [0, 0.1) is 17.5 Å². The van der Waals surface area contributed by atoms with Gasteiger partial charge >= 0.3 is 6.18 Å². The normalized spacial score (nSPS) is 12.8. The number of carbonyl (C=O) groups excluding carboxylic acids is 1. The number of anilines is 1. The number of imidazole rings is 1. The van der Waals surface area contributed by atoms with Gasteiger partial charge in [-0.15, -0.1) is 0 Å². The number of hydrogen-bond donors (Lipinski definition) is 2. The molecule has 0 spiro atoms. The molecular weight excluding hydrogens is 416 g/mol. The van der Waals surface area contributed by atoms with E-state index in [1.807, 2.05) is 0 Å². The van der Waals surface area contributed by atoms with E-state index in [0.29, 0.717) is 12.1 Å². The minimum absolute atomic E-state index is 0.0690. The molecule has 30 heavy (non-hydrogen) atoms. The molecule has 0 saturated carbocycles. The van der Waals surface area contributed by atoms with Gasteiger partial charge in [0.15, 0.2) is 11.6 Å². The van der Waals surface area contributed by atoms with Crippen LogP contribution in [0.15, 0.2) is 18.3 Å². The molecule has 1 unspecified atom stereocenters. The molecule has 0 fully saturated rings. The third kappa shape index (κ3) is 5.88. The summed E-state index contributed by atoms with van der Waals surface area (Å²) in [5.41, 5.74) is 11.0. The Balaban J connectivity index is 1.99. The fourth-order valence-corrected chi connectivity index (χ4v) is 2.95. The van der Waals surface area contributed by atoms with Gasteiger partial charge in [-0.3, -0.25) is 4.79 Å². The highest BCUT2D eigenvalue weighted by Crippen LogP contribution is 2.29. The van der Waals surface area contributed by atoms with Gasteiger partial charge < -0.3 is 20.9 Å². The Morgan fingerprint density at radius 1 is 1.20 bits per heavy atom. The van der Waals surface area contributed by atoms with Crippen LogP contribution >= 0.6 is 0 Å². The molecule has 4 N–H and O–H groups in total. The molecule has 1 aromatic heterocycles. The zero-order valence-corrected chi connectivity index (χ0v) is 16.0. The SMILES string of the molecule is CCN(CCn1cc(N)nc1C(F)(F)F)C(=O)CC(N)Cc1cc(F)c(F)cc1F. The maximum absolute atomic E-state index is 13.7. The van der Waals surface area contributed by atoms with Crippen LogP contribution in [0.5, 0.6) is 0 Å². The van der Waals surface area contributed by atoms with Crippen LogP contribution in [-0.2, 0) is 23.9 Å². The molecule has 2 rings (SSSR count). The van der Waals surface area contributed by atoms with E-state index < -0.39 is 41.4 Å². The summed E-state index contributed by atoms with van der Waals surface area (Å²) < 4.78 is 79.7. The van der Waals surface area contributed by atoms with E-state index in [0.717, 1.165) is 10.8 Å². The number of nitrogens with two attached hydrogens (primary N) is 2. The fraction of sp³-hybridized carbons (Fsp3) is 0.444. The van der Waals surface area contributed by atoms with Gasteiger partial charge in [0, 0.05) is 44.4 Å². The summed E-state index contributed by atoms with van der Waals surface area (Å²) in [6.45, 7) is 1.55. The van der Waals surface area contributed by atoms with Crippen LogP contribution in [0.2, 0.25) is 0 Å². The molecule has 0 saturated heterocycles. The van der Waals surface area contributed by atoms with Crippen molar-refractivity contribution >= 4 is 11.7 Å². The molecule has 1 amide bonds. The van der Waals surface area contributed by atoms with E-state index in [2.05, 4.69) is 4.98 Å². The summed E-state index contributed by atoms with van der Waals surface area (Å²) in [6, 6.07) is 0.168. The van der Waals surface area contributed by atoms with E-state index in [1.54, 1.807) is 6.92 Å². The minimum Gasteiger partial charge on any atom is -0.382 e. The monoisotopic (exact) mass is 437 g/mol. The molecule has 0 aliphatic heterocycles. The van der Waals surface area contributed by atoms with Crippen molar-refractivity contribution in [1.29, 1.82) is 0 Å². The summed E-state index contributed by atoms with van der Waals surface area (Å²) in [4.78, 5) is 17.0. The van der Waals surface area contributed by atoms with Crippen LogP contribution < -0.4 is 11.5 Å². The van der Waals surface area contributed by atoms with Gasteiger partial charge in [-0.25, -0.2) is 18.2 Å². The molecule has 0 aliphatic rings. The van der Waals surface area contributed by atoms with Crippen molar-refractivity contribution in [1.82, 2.24) is 14.5 Å². The highest BCUT2D eigenvalue weighted by atomic mass is 19.4. The number of benzene rings is 1. The van der Waals surface area contributed by atoms with Crippen molar-refractivity contribution in [3.63, 3.8) is 0 Å². The lowest BCUT2D eigenvalue weighted by atomic mass is 10.0. The Bertz CT molecular complexity index is 898. The second kappa shape index (κ2) is 9.37. The Morgan fingerprint density at radius 3 is 2.43 bits per heavy atom. The average molecular weight is 437 g/mol. The number of likely N-dealkylation sites (N-methyl/N-ethyl adjacent to an activating group) is 1. The van der Waals surface area contributed by atoms with Gasteiger partial charge in [-0.05, 0) is 25.0 Å². The van der Waals surface area contributed by atoms with Crippen molar-refractivity contribution in [2.24, 2.45) is 5.73 Å². The lowest BCUT2D eigenvalue weighted by Gasteiger charge is -2.23. The summed E-state index contributed by atoms with van der Waals surface area (Å²) >= 11 is 0. The zero-order chi connectivity index (χ0) is 22.6. The van der Waals surface area contributed by atoms with Gasteiger partial charge in [0.2, 0.25) is 11.7 Å². The van der Waals surface area contributed by atoms with Crippen molar-refractivity contribution in [2.75, 3.05) is 18.8 Å². The number of hydrogen-bond acceptors (Lipinski definition) is 4. The number of aromatic nitrogens is 2. The molecular formula is C18H21F6N5O. The van der Waals surface area contributed by atoms with Gasteiger partial charge in [-0.1, -0.05) is 0 Å². The molecule has 0 radical (unpaired) electrons. The first-order valence-electron chi connectivity index (χ1n) is 8.99. The van der Waals surface area contributed by atoms with E-state index in [9.17, 15) is 31.1 Å². The number of amides is 1. The maximum atomic E-state index is 13.7. The first kappa shape index (κ1) is 23.5. The summed E-state index contributed by atoms with van der Waals surface area (Å²) in [6.07, 6.45) is -4.15. The quantitative estimate of drug-likeness (QED) is 0.491. The van der Waals surface area contributed by atoms with E-state index in [4.69, 9.17) is 11.5 Å². The largest absolute Gasteiger partial charge is 0.449 e. The Morgan fingerprint density at radius 2 is 1.83 bits per heavy atom. The molecule has 12 heteroatoms. The van der Waals surface area contributed by atoms with Crippen molar-refractivity contribution in [3.8, 4) is 0 Å². The molecule has 1 aromatic carbocycles. The number of nitrogens with zero attached hydrogens (tertiary/aromatic N) is 3. The highest BCUT2D eigenvalue weighted by Gasteiger charge is 2.37. The third-order valence-corrected chi connectivity index (χ3v) is 4.40. The number of rotatable bonds is 8. The smallest absolute Gasteiger partial charge is 0.382 e. The molecule has 6 nitrogen and oxygen atoms in total. The molecule has 166 valence electrons. The maximum Gasteiger partial charge on any atom is 0.449 e. The third-order valence-electron chi connectivity index (χ3n) is 4.40. The van der Waals surface area contributed by atoms with Gasteiger partial charge in [0.1, 0.15) is 11.6 Å². The van der Waals surface area contributed by atoms with Crippen LogP contribution in [-0.4, -0.2) is 39.5 Å². The number of carbonyl (C=O) groups is 1. The van der Waals surface area contributed by atoms with Crippen LogP contribution in [0.4, 0.5) is 32.2 Å². The average Bonchev–Trinajstić information content (AvgIpc) is 3.01. The fourth-order valence-electron chi connectivity index (χ4n) is 2.95. The molecule has 0 aliphatic carbocycles. The topological polar surface area (TPSA) is 90.2 Å². The molecule has 1 atom stereocenters. The Kier molecular flexibility index (Phi) is 7.34. The predicted octanol–water partition coefficient (Wildman–Crippen LogP) is 2.71. The van der Waals surface area contributed by atoms with Crippen molar-refractivity contribution in [2.45, 2.75) is 38.5 Å².